The molecule has 0 aliphatic carbocycles. The maximum Gasteiger partial charge on any atom is 0.312 e. The van der Waals surface area contributed by atoms with Crippen LogP contribution in [0, 0.1) is 18.7 Å². The van der Waals surface area contributed by atoms with Crippen LogP contribution in [0.2, 0.25) is 0 Å². The van der Waals surface area contributed by atoms with Gasteiger partial charge in [0.25, 0.3) is 0 Å². The summed E-state index contributed by atoms with van der Waals surface area (Å²) in [6.45, 7) is 5.18. The zero-order chi connectivity index (χ0) is 14.6. The van der Waals surface area contributed by atoms with Gasteiger partial charge in [0.2, 0.25) is 5.91 Å². The summed E-state index contributed by atoms with van der Waals surface area (Å²) in [4.78, 5) is 22.8. The molecule has 1 aromatic rings. The van der Waals surface area contributed by atoms with Gasteiger partial charge < -0.3 is 16.4 Å². The molecule has 0 aliphatic rings. The lowest BCUT2D eigenvalue weighted by Gasteiger charge is -2.20. The van der Waals surface area contributed by atoms with Gasteiger partial charge in [-0.3, -0.25) is 4.79 Å². The van der Waals surface area contributed by atoms with Crippen molar-refractivity contribution in [3.05, 3.63) is 29.6 Å². The fourth-order valence-electron chi connectivity index (χ4n) is 1.58. The predicted octanol–water partition coefficient (Wildman–Crippen LogP) is 1.77. The van der Waals surface area contributed by atoms with E-state index < -0.39 is 23.8 Å². The van der Waals surface area contributed by atoms with Crippen molar-refractivity contribution < 1.29 is 14.0 Å². The van der Waals surface area contributed by atoms with Gasteiger partial charge in [-0.2, -0.15) is 0 Å². The summed E-state index contributed by atoms with van der Waals surface area (Å²) >= 11 is 0. The number of nitrogens with two attached hydrogens (primary N) is 1. The Morgan fingerprint density at radius 3 is 2.42 bits per heavy atom. The van der Waals surface area contributed by atoms with Crippen LogP contribution in [0.4, 0.5) is 14.9 Å². The van der Waals surface area contributed by atoms with Crippen molar-refractivity contribution in [3.63, 3.8) is 0 Å². The van der Waals surface area contributed by atoms with E-state index in [-0.39, 0.29) is 5.92 Å². The normalized spacial score (nSPS) is 12.1. The fourth-order valence-corrected chi connectivity index (χ4v) is 1.58. The van der Waals surface area contributed by atoms with Gasteiger partial charge in [0.05, 0.1) is 0 Å². The molecule has 0 heterocycles. The van der Waals surface area contributed by atoms with E-state index in [1.54, 1.807) is 32.9 Å². The SMILES string of the molecule is Cc1ccc(NC(=O)C(NC(N)=O)C(C)C)cc1F. The highest BCUT2D eigenvalue weighted by molar-refractivity contribution is 5.97. The zero-order valence-electron chi connectivity index (χ0n) is 11.2. The summed E-state index contributed by atoms with van der Waals surface area (Å²) in [5.41, 5.74) is 5.85. The van der Waals surface area contributed by atoms with Crippen LogP contribution in [-0.2, 0) is 4.79 Å². The number of hydrogen-bond donors (Lipinski definition) is 3. The number of benzene rings is 1. The van der Waals surface area contributed by atoms with E-state index in [1.807, 2.05) is 0 Å². The van der Waals surface area contributed by atoms with E-state index >= 15 is 0 Å². The second-order valence-corrected chi connectivity index (χ2v) is 4.68. The molecule has 4 N–H and O–H groups in total. The van der Waals surface area contributed by atoms with E-state index in [0.29, 0.717) is 11.3 Å². The number of amides is 3. The molecule has 0 aromatic heterocycles. The molecule has 0 spiro atoms. The molecular formula is C13H18FN3O2. The number of carbonyl (C=O) groups excluding carboxylic acids is 2. The van der Waals surface area contributed by atoms with Crippen molar-refractivity contribution in [2.45, 2.75) is 26.8 Å². The van der Waals surface area contributed by atoms with Crippen molar-refractivity contribution in [3.8, 4) is 0 Å². The van der Waals surface area contributed by atoms with Gasteiger partial charge in [0, 0.05) is 5.69 Å². The van der Waals surface area contributed by atoms with E-state index in [2.05, 4.69) is 10.6 Å². The molecule has 104 valence electrons. The van der Waals surface area contributed by atoms with Crippen LogP contribution in [0.5, 0.6) is 0 Å². The first-order chi connectivity index (χ1) is 8.81. The summed E-state index contributed by atoms with van der Waals surface area (Å²) in [5, 5.41) is 4.91. The van der Waals surface area contributed by atoms with E-state index in [1.165, 1.54) is 6.07 Å². The number of carbonyl (C=O) groups is 2. The number of aryl methyl sites for hydroxylation is 1. The van der Waals surface area contributed by atoms with Crippen LogP contribution in [0.25, 0.3) is 0 Å². The molecule has 5 nitrogen and oxygen atoms in total. The van der Waals surface area contributed by atoms with Gasteiger partial charge in [-0.05, 0) is 30.5 Å². The van der Waals surface area contributed by atoms with Crippen LogP contribution in [-0.4, -0.2) is 18.0 Å². The smallest absolute Gasteiger partial charge is 0.312 e. The molecule has 1 rings (SSSR count). The van der Waals surface area contributed by atoms with E-state index in [9.17, 15) is 14.0 Å². The topological polar surface area (TPSA) is 84.2 Å². The summed E-state index contributed by atoms with van der Waals surface area (Å²) in [6.07, 6.45) is 0. The lowest BCUT2D eigenvalue weighted by atomic mass is 10.0. The Labute approximate surface area is 111 Å². The number of nitrogens with one attached hydrogen (secondary N) is 2. The first kappa shape index (κ1) is 14.9. The fraction of sp³-hybridized carbons (Fsp3) is 0.385. The van der Waals surface area contributed by atoms with Gasteiger partial charge >= 0.3 is 6.03 Å². The summed E-state index contributed by atoms with van der Waals surface area (Å²) in [5.74, 6) is -0.971. The molecule has 1 aromatic carbocycles. The Morgan fingerprint density at radius 1 is 1.32 bits per heavy atom. The van der Waals surface area contributed by atoms with Crippen LogP contribution < -0.4 is 16.4 Å². The predicted molar refractivity (Wildman–Crippen MR) is 71.1 cm³/mol. The van der Waals surface area contributed by atoms with Crippen LogP contribution in [0.15, 0.2) is 18.2 Å². The first-order valence-electron chi connectivity index (χ1n) is 5.94. The minimum atomic E-state index is -0.774. The van der Waals surface area contributed by atoms with Crippen molar-refractivity contribution in [1.29, 1.82) is 0 Å². The summed E-state index contributed by atoms with van der Waals surface area (Å²) < 4.78 is 13.4. The largest absolute Gasteiger partial charge is 0.352 e. The Bertz CT molecular complexity index is 489. The van der Waals surface area contributed by atoms with Gasteiger partial charge in [-0.15, -0.1) is 0 Å². The minimum Gasteiger partial charge on any atom is -0.352 e. The Hall–Kier alpha value is -2.11. The third-order valence-electron chi connectivity index (χ3n) is 2.69. The Kier molecular flexibility index (Phi) is 4.86. The van der Waals surface area contributed by atoms with Gasteiger partial charge in [0.15, 0.2) is 0 Å². The van der Waals surface area contributed by atoms with Crippen molar-refractivity contribution in [2.24, 2.45) is 11.7 Å². The third-order valence-corrected chi connectivity index (χ3v) is 2.69. The van der Waals surface area contributed by atoms with Crippen molar-refractivity contribution >= 4 is 17.6 Å². The Morgan fingerprint density at radius 2 is 1.95 bits per heavy atom. The number of hydrogen-bond acceptors (Lipinski definition) is 2. The molecule has 6 heteroatoms. The molecule has 3 amide bonds. The van der Waals surface area contributed by atoms with Crippen molar-refractivity contribution in [2.75, 3.05) is 5.32 Å². The zero-order valence-corrected chi connectivity index (χ0v) is 11.2. The monoisotopic (exact) mass is 267 g/mol. The highest BCUT2D eigenvalue weighted by Crippen LogP contribution is 2.14. The molecule has 19 heavy (non-hydrogen) atoms. The highest BCUT2D eigenvalue weighted by Gasteiger charge is 2.23. The van der Waals surface area contributed by atoms with Crippen LogP contribution >= 0.6 is 0 Å². The standard InChI is InChI=1S/C13H18FN3O2/c1-7(2)11(17-13(15)19)12(18)16-9-5-4-8(3)10(14)6-9/h4-7,11H,1-3H3,(H,16,18)(H3,15,17,19). The number of urea groups is 1. The van der Waals surface area contributed by atoms with Gasteiger partial charge in [0.1, 0.15) is 11.9 Å². The number of anilines is 1. The summed E-state index contributed by atoms with van der Waals surface area (Å²) in [6, 6.07) is 2.86. The molecule has 1 atom stereocenters. The number of rotatable bonds is 4. The van der Waals surface area contributed by atoms with Gasteiger partial charge in [-0.25, -0.2) is 9.18 Å². The van der Waals surface area contributed by atoms with Crippen LogP contribution in [0.1, 0.15) is 19.4 Å². The average Bonchev–Trinajstić information content (AvgIpc) is 2.30. The van der Waals surface area contributed by atoms with Crippen LogP contribution in [0.3, 0.4) is 0 Å². The van der Waals surface area contributed by atoms with Gasteiger partial charge in [-0.1, -0.05) is 19.9 Å². The lowest BCUT2D eigenvalue weighted by Crippen LogP contribution is -2.49. The maximum atomic E-state index is 13.4. The molecular weight excluding hydrogens is 249 g/mol. The number of halogens is 1. The lowest BCUT2D eigenvalue weighted by molar-refractivity contribution is -0.118. The molecule has 0 radical (unpaired) electrons. The first-order valence-corrected chi connectivity index (χ1v) is 5.94. The quantitative estimate of drug-likeness (QED) is 0.776. The maximum absolute atomic E-state index is 13.4. The second kappa shape index (κ2) is 6.17. The molecule has 0 fully saturated rings. The highest BCUT2D eigenvalue weighted by atomic mass is 19.1. The molecule has 0 saturated heterocycles. The molecule has 1 unspecified atom stereocenters. The van der Waals surface area contributed by atoms with E-state index in [0.717, 1.165) is 0 Å². The third kappa shape index (κ3) is 4.24. The molecule has 0 aliphatic heterocycles. The average molecular weight is 267 g/mol. The van der Waals surface area contributed by atoms with Crippen molar-refractivity contribution in [1.82, 2.24) is 5.32 Å². The molecule has 0 saturated carbocycles. The summed E-state index contributed by atoms with van der Waals surface area (Å²) in [7, 11) is 0. The minimum absolute atomic E-state index is 0.136. The molecule has 0 bridgehead atoms. The second-order valence-electron chi connectivity index (χ2n) is 4.68. The number of primary amides is 1. The Balaban J connectivity index is 2.81. The van der Waals surface area contributed by atoms with E-state index in [4.69, 9.17) is 5.73 Å².